The molecule has 35 heavy (non-hydrogen) atoms. The number of carbonyl (C=O) groups excluding carboxylic acids is 1. The molecule has 0 saturated carbocycles. The zero-order valence-corrected chi connectivity index (χ0v) is 19.0. The lowest BCUT2D eigenvalue weighted by Crippen LogP contribution is -2.56. The molecule has 190 valence electrons. The lowest BCUT2D eigenvalue weighted by Gasteiger charge is -2.46. The van der Waals surface area contributed by atoms with Crippen LogP contribution in [-0.2, 0) is 27.4 Å². The zero-order chi connectivity index (χ0) is 25.5. The van der Waals surface area contributed by atoms with Crippen LogP contribution in [0.5, 0.6) is 0 Å². The summed E-state index contributed by atoms with van der Waals surface area (Å²) in [6.45, 7) is 2.57. The minimum atomic E-state index is -4.92. The molecule has 4 nitrogen and oxygen atoms in total. The van der Waals surface area contributed by atoms with Crippen molar-refractivity contribution in [1.82, 2.24) is 10.6 Å². The van der Waals surface area contributed by atoms with Crippen LogP contribution in [0.4, 0.5) is 26.3 Å². The quantitative estimate of drug-likeness (QED) is 0.527. The fourth-order valence-corrected chi connectivity index (χ4v) is 4.85. The lowest BCUT2D eigenvalue weighted by molar-refractivity contribution is -0.143. The minimum absolute atomic E-state index is 0.00565. The molecule has 1 amide bonds. The molecule has 2 aromatic rings. The van der Waals surface area contributed by atoms with Crippen LogP contribution in [0.3, 0.4) is 0 Å². The predicted molar refractivity (Wildman–Crippen MR) is 116 cm³/mol. The third-order valence-corrected chi connectivity index (χ3v) is 7.07. The number of alkyl halides is 6. The molecule has 0 aliphatic carbocycles. The zero-order valence-electron chi connectivity index (χ0n) is 19.0. The van der Waals surface area contributed by atoms with Gasteiger partial charge in [-0.05, 0) is 49.1 Å². The largest absolute Gasteiger partial charge is 0.416 e. The van der Waals surface area contributed by atoms with E-state index in [1.54, 1.807) is 0 Å². The van der Waals surface area contributed by atoms with Crippen LogP contribution in [0.1, 0.15) is 54.5 Å². The Morgan fingerprint density at radius 1 is 0.943 bits per heavy atom. The molecule has 1 spiro atoms. The van der Waals surface area contributed by atoms with E-state index >= 15 is 0 Å². The van der Waals surface area contributed by atoms with E-state index in [0.717, 1.165) is 5.56 Å². The van der Waals surface area contributed by atoms with Crippen molar-refractivity contribution in [3.8, 4) is 0 Å². The number of benzene rings is 2. The average molecular weight is 500 g/mol. The first-order valence-electron chi connectivity index (χ1n) is 11.3. The monoisotopic (exact) mass is 500 g/mol. The number of halogens is 6. The van der Waals surface area contributed by atoms with Gasteiger partial charge in [-0.15, -0.1) is 0 Å². The molecule has 0 radical (unpaired) electrons. The normalized spacial score (nSPS) is 26.1. The van der Waals surface area contributed by atoms with E-state index < -0.39 is 35.1 Å². The molecule has 2 fully saturated rings. The second-order valence-corrected chi connectivity index (χ2v) is 9.55. The second-order valence-electron chi connectivity index (χ2n) is 9.55. The number of hydrogen-bond acceptors (Lipinski definition) is 3. The first kappa shape index (κ1) is 25.5. The summed E-state index contributed by atoms with van der Waals surface area (Å²) in [4.78, 5) is 11.8. The molecule has 0 aromatic heterocycles. The van der Waals surface area contributed by atoms with Gasteiger partial charge in [0.05, 0.1) is 29.4 Å². The van der Waals surface area contributed by atoms with Gasteiger partial charge in [0.2, 0.25) is 5.91 Å². The predicted octanol–water partition coefficient (Wildman–Crippen LogP) is 5.59. The molecule has 2 aliphatic rings. The Kier molecular flexibility index (Phi) is 6.65. The maximum atomic E-state index is 13.3. The van der Waals surface area contributed by atoms with Crippen molar-refractivity contribution < 1.29 is 35.9 Å². The Morgan fingerprint density at radius 2 is 1.57 bits per heavy atom. The van der Waals surface area contributed by atoms with Gasteiger partial charge in [0.25, 0.3) is 0 Å². The summed E-state index contributed by atoms with van der Waals surface area (Å²) in [6, 6.07) is 10.9. The number of nitrogens with one attached hydrogen (secondary N) is 2. The molecule has 3 atom stereocenters. The average Bonchev–Trinajstić information content (AvgIpc) is 3.18. The first-order chi connectivity index (χ1) is 16.3. The maximum absolute atomic E-state index is 13.3. The van der Waals surface area contributed by atoms with E-state index in [2.05, 4.69) is 10.6 Å². The van der Waals surface area contributed by atoms with E-state index in [4.69, 9.17) is 4.74 Å². The molecule has 2 saturated heterocycles. The lowest BCUT2D eigenvalue weighted by atomic mass is 9.71. The molecule has 0 bridgehead atoms. The molecule has 0 unspecified atom stereocenters. The van der Waals surface area contributed by atoms with Crippen molar-refractivity contribution in [3.05, 3.63) is 70.8 Å². The van der Waals surface area contributed by atoms with E-state index in [0.29, 0.717) is 44.5 Å². The highest BCUT2D eigenvalue weighted by Crippen LogP contribution is 2.43. The fraction of sp³-hybridized carbons (Fsp3) is 0.480. The summed E-state index contributed by atoms with van der Waals surface area (Å²) in [7, 11) is 0. The summed E-state index contributed by atoms with van der Waals surface area (Å²) >= 11 is 0. The van der Waals surface area contributed by atoms with E-state index in [-0.39, 0.29) is 29.6 Å². The Hall–Kier alpha value is -2.59. The van der Waals surface area contributed by atoms with Crippen molar-refractivity contribution in [1.29, 1.82) is 0 Å². The third kappa shape index (κ3) is 5.48. The highest BCUT2D eigenvalue weighted by Gasteiger charge is 2.47. The number of ether oxygens (including phenoxy) is 1. The molecular weight excluding hydrogens is 474 g/mol. The smallest absolute Gasteiger partial charge is 0.372 e. The Bertz CT molecular complexity index is 1030. The van der Waals surface area contributed by atoms with E-state index in [1.807, 2.05) is 30.3 Å². The van der Waals surface area contributed by atoms with E-state index in [9.17, 15) is 31.1 Å². The third-order valence-electron chi connectivity index (χ3n) is 7.07. The summed E-state index contributed by atoms with van der Waals surface area (Å²) in [6.07, 6.45) is -9.15. The van der Waals surface area contributed by atoms with Crippen LogP contribution in [0.15, 0.2) is 48.5 Å². The van der Waals surface area contributed by atoms with Gasteiger partial charge in [-0.25, -0.2) is 0 Å². The highest BCUT2D eigenvalue weighted by atomic mass is 19.4. The van der Waals surface area contributed by atoms with Crippen LogP contribution in [0, 0.1) is 5.41 Å². The molecular formula is C25H26F6N2O2. The number of piperidine rings is 1. The van der Waals surface area contributed by atoms with Crippen LogP contribution in [-0.4, -0.2) is 25.6 Å². The van der Waals surface area contributed by atoms with Crippen LogP contribution in [0.25, 0.3) is 0 Å². The van der Waals surface area contributed by atoms with Gasteiger partial charge in [-0.2, -0.15) is 26.3 Å². The summed E-state index contributed by atoms with van der Waals surface area (Å²) < 4.78 is 85.7. The maximum Gasteiger partial charge on any atom is 0.416 e. The topological polar surface area (TPSA) is 50.4 Å². The SMILES string of the molecule is C[C@@H](OC[C@@]1(c2ccccc2)CC[C@@]2(CNC(=O)C2)CN1)c1cc(C(F)(F)F)cc(C(F)(F)F)c1. The van der Waals surface area contributed by atoms with Gasteiger partial charge in [-0.3, -0.25) is 4.79 Å². The standard InChI is InChI=1S/C25H26F6N2O2/c1-16(17-9-19(24(26,27)28)11-20(10-17)25(29,30)31)35-15-23(18-5-3-2-4-6-18)8-7-22(14-33-23)12-21(34)32-13-22/h2-6,9-11,16,33H,7-8,12-15H2,1H3,(H,32,34)/t16-,22-,23-/m1/s1. The van der Waals surface area contributed by atoms with Crippen molar-refractivity contribution >= 4 is 5.91 Å². The summed E-state index contributed by atoms with van der Waals surface area (Å²) in [5.74, 6) is -0.00565. The molecule has 2 aromatic carbocycles. The van der Waals surface area contributed by atoms with Crippen molar-refractivity contribution in [2.24, 2.45) is 5.41 Å². The van der Waals surface area contributed by atoms with Gasteiger partial charge in [-0.1, -0.05) is 30.3 Å². The number of amides is 1. The van der Waals surface area contributed by atoms with Crippen molar-refractivity contribution in [2.45, 2.75) is 50.2 Å². The van der Waals surface area contributed by atoms with Crippen molar-refractivity contribution in [2.75, 3.05) is 19.7 Å². The molecule has 2 heterocycles. The Labute approximate surface area is 199 Å². The number of carbonyl (C=O) groups is 1. The number of hydrogen-bond donors (Lipinski definition) is 2. The molecule has 2 N–H and O–H groups in total. The van der Waals surface area contributed by atoms with Gasteiger partial charge in [0.1, 0.15) is 0 Å². The van der Waals surface area contributed by atoms with Crippen LogP contribution < -0.4 is 10.6 Å². The summed E-state index contributed by atoms with van der Waals surface area (Å²) in [5.41, 5.74) is -2.95. The Morgan fingerprint density at radius 3 is 2.06 bits per heavy atom. The van der Waals surface area contributed by atoms with Crippen LogP contribution >= 0.6 is 0 Å². The van der Waals surface area contributed by atoms with Gasteiger partial charge in [0, 0.05) is 24.9 Å². The first-order valence-corrected chi connectivity index (χ1v) is 11.3. The minimum Gasteiger partial charge on any atom is -0.372 e. The highest BCUT2D eigenvalue weighted by molar-refractivity contribution is 5.79. The van der Waals surface area contributed by atoms with Gasteiger partial charge in [0.15, 0.2) is 0 Å². The fourth-order valence-electron chi connectivity index (χ4n) is 4.85. The Balaban J connectivity index is 1.58. The van der Waals surface area contributed by atoms with Gasteiger partial charge >= 0.3 is 12.4 Å². The van der Waals surface area contributed by atoms with Gasteiger partial charge < -0.3 is 15.4 Å². The van der Waals surface area contributed by atoms with Crippen LogP contribution in [0.2, 0.25) is 0 Å². The second kappa shape index (κ2) is 9.13. The summed E-state index contributed by atoms with van der Waals surface area (Å²) in [5, 5.41) is 6.36. The van der Waals surface area contributed by atoms with Crippen molar-refractivity contribution in [3.63, 3.8) is 0 Å². The van der Waals surface area contributed by atoms with E-state index in [1.165, 1.54) is 6.92 Å². The molecule has 10 heteroatoms. The molecule has 2 aliphatic heterocycles. The molecule has 4 rings (SSSR count). The number of rotatable bonds is 5.